The lowest BCUT2D eigenvalue weighted by Gasteiger charge is -2.25. The molecule has 0 atom stereocenters. The first-order chi connectivity index (χ1) is 15.9. The number of halogens is 3. The number of hydrogen-bond acceptors (Lipinski definition) is 6. The Hall–Kier alpha value is -3.44. The molecule has 0 radical (unpaired) electrons. The maximum absolute atomic E-state index is 15.3. The predicted molar refractivity (Wildman–Crippen MR) is 115 cm³/mol. The average molecular weight is 457 g/mol. The second-order valence-corrected chi connectivity index (χ2v) is 7.99. The summed E-state index contributed by atoms with van der Waals surface area (Å²) >= 11 is 0. The van der Waals surface area contributed by atoms with E-state index in [4.69, 9.17) is 4.74 Å². The Bertz CT molecular complexity index is 1260. The zero-order valence-electron chi connectivity index (χ0n) is 17.9. The number of aryl methyl sites for hydroxylation is 1. The minimum atomic E-state index is -3.53. The summed E-state index contributed by atoms with van der Waals surface area (Å²) < 4.78 is 50.7. The molecule has 33 heavy (non-hydrogen) atoms. The number of anilines is 2. The lowest BCUT2D eigenvalue weighted by molar-refractivity contribution is 0.0314. The number of benzene rings is 1. The number of fused-ring (bicyclic) bond motifs is 1. The Morgan fingerprint density at radius 1 is 1.15 bits per heavy atom. The Balaban J connectivity index is 1.56. The van der Waals surface area contributed by atoms with Crippen molar-refractivity contribution >= 4 is 17.2 Å². The van der Waals surface area contributed by atoms with Crippen molar-refractivity contribution in [3.63, 3.8) is 0 Å². The normalized spacial score (nSPS) is 15.3. The number of ether oxygens (including phenoxy) is 1. The minimum absolute atomic E-state index is 0.196. The van der Waals surface area contributed by atoms with Crippen LogP contribution in [0.3, 0.4) is 0 Å². The van der Waals surface area contributed by atoms with Crippen LogP contribution in [0.25, 0.3) is 5.52 Å². The number of aromatic amines is 1. The summed E-state index contributed by atoms with van der Waals surface area (Å²) in [5.41, 5.74) is 1.86. The SMILES string of the molecule is Cc1cc(Nc2nc(C(F)(F)c3ccc(F)cc3)nn3cc(CN4CCOCC4)cc23)n[nH]1. The van der Waals surface area contributed by atoms with E-state index in [-0.39, 0.29) is 5.82 Å². The Morgan fingerprint density at radius 3 is 2.61 bits per heavy atom. The number of alkyl halides is 2. The summed E-state index contributed by atoms with van der Waals surface area (Å²) in [4.78, 5) is 6.39. The molecule has 4 heterocycles. The summed E-state index contributed by atoms with van der Waals surface area (Å²) in [6.07, 6.45) is 1.72. The number of aromatic nitrogens is 5. The largest absolute Gasteiger partial charge is 0.379 e. The quantitative estimate of drug-likeness (QED) is 0.460. The van der Waals surface area contributed by atoms with Gasteiger partial charge in [-0.1, -0.05) is 0 Å². The van der Waals surface area contributed by atoms with Gasteiger partial charge < -0.3 is 10.1 Å². The van der Waals surface area contributed by atoms with E-state index >= 15 is 8.78 Å². The minimum Gasteiger partial charge on any atom is -0.379 e. The van der Waals surface area contributed by atoms with E-state index in [9.17, 15) is 4.39 Å². The van der Waals surface area contributed by atoms with Crippen LogP contribution in [-0.4, -0.2) is 56.0 Å². The first kappa shape index (κ1) is 21.4. The standard InChI is InChI=1S/C22H22F3N7O/c1-14-10-19(29-28-14)26-20-18-11-15(12-31-6-8-33-9-7-31)13-32(18)30-21(27-20)22(24,25)16-2-4-17(23)5-3-16/h2-5,10-11,13H,6-9,12H2,1H3,(H2,26,27,28,29,30). The van der Waals surface area contributed by atoms with Crippen LogP contribution >= 0.6 is 0 Å². The number of nitrogens with zero attached hydrogens (tertiary/aromatic N) is 5. The Morgan fingerprint density at radius 2 is 1.91 bits per heavy atom. The van der Waals surface area contributed by atoms with E-state index in [0.29, 0.717) is 31.1 Å². The monoisotopic (exact) mass is 457 g/mol. The van der Waals surface area contributed by atoms with E-state index in [2.05, 4.69) is 30.5 Å². The van der Waals surface area contributed by atoms with Crippen molar-refractivity contribution < 1.29 is 17.9 Å². The molecule has 1 aromatic carbocycles. The summed E-state index contributed by atoms with van der Waals surface area (Å²) in [6.45, 7) is 5.38. The molecule has 2 N–H and O–H groups in total. The molecule has 1 saturated heterocycles. The van der Waals surface area contributed by atoms with Crippen LogP contribution in [0, 0.1) is 12.7 Å². The van der Waals surface area contributed by atoms with Crippen LogP contribution in [0.4, 0.5) is 24.8 Å². The molecule has 0 saturated carbocycles. The average Bonchev–Trinajstić information content (AvgIpc) is 3.40. The topological polar surface area (TPSA) is 83.4 Å². The van der Waals surface area contributed by atoms with E-state index in [1.54, 1.807) is 12.3 Å². The van der Waals surface area contributed by atoms with E-state index in [1.165, 1.54) is 4.52 Å². The molecule has 1 aliphatic heterocycles. The van der Waals surface area contributed by atoms with Crippen molar-refractivity contribution in [2.75, 3.05) is 31.6 Å². The van der Waals surface area contributed by atoms with Gasteiger partial charge in [0.1, 0.15) is 11.3 Å². The fraction of sp³-hybridized carbons (Fsp3) is 0.318. The number of nitrogens with one attached hydrogen (secondary N) is 2. The third-order valence-corrected chi connectivity index (χ3v) is 5.47. The molecule has 0 amide bonds. The number of H-pyrrole nitrogens is 1. The van der Waals surface area contributed by atoms with Gasteiger partial charge >= 0.3 is 5.92 Å². The molecule has 3 aromatic heterocycles. The fourth-order valence-electron chi connectivity index (χ4n) is 3.77. The van der Waals surface area contributed by atoms with Crippen molar-refractivity contribution in [1.29, 1.82) is 0 Å². The molecule has 1 fully saturated rings. The van der Waals surface area contributed by atoms with Crippen molar-refractivity contribution in [1.82, 2.24) is 29.7 Å². The summed E-state index contributed by atoms with van der Waals surface area (Å²) in [7, 11) is 0. The zero-order valence-corrected chi connectivity index (χ0v) is 17.9. The van der Waals surface area contributed by atoms with Crippen LogP contribution in [-0.2, 0) is 17.2 Å². The molecule has 4 aromatic rings. The molecule has 8 nitrogen and oxygen atoms in total. The molecule has 0 spiro atoms. The molecule has 1 aliphatic rings. The van der Waals surface area contributed by atoms with Gasteiger partial charge in [0, 0.05) is 43.2 Å². The van der Waals surface area contributed by atoms with Crippen molar-refractivity contribution in [2.45, 2.75) is 19.4 Å². The highest BCUT2D eigenvalue weighted by atomic mass is 19.3. The molecular formula is C22H22F3N7O. The van der Waals surface area contributed by atoms with Crippen LogP contribution in [0.1, 0.15) is 22.6 Å². The molecule has 0 unspecified atom stereocenters. The maximum atomic E-state index is 15.3. The first-order valence-electron chi connectivity index (χ1n) is 10.5. The molecule has 11 heteroatoms. The van der Waals surface area contributed by atoms with Gasteiger partial charge in [-0.3, -0.25) is 10.00 Å². The number of rotatable bonds is 6. The van der Waals surface area contributed by atoms with Gasteiger partial charge in [-0.2, -0.15) is 13.9 Å². The molecular weight excluding hydrogens is 435 g/mol. The highest BCUT2D eigenvalue weighted by molar-refractivity contribution is 5.73. The van der Waals surface area contributed by atoms with Gasteiger partial charge in [-0.15, -0.1) is 5.10 Å². The summed E-state index contributed by atoms with van der Waals surface area (Å²) in [5.74, 6) is -4.19. The van der Waals surface area contributed by atoms with Crippen molar-refractivity contribution in [3.05, 3.63) is 71.1 Å². The van der Waals surface area contributed by atoms with E-state index < -0.39 is 23.1 Å². The first-order valence-corrected chi connectivity index (χ1v) is 10.5. The van der Waals surface area contributed by atoms with Crippen molar-refractivity contribution in [3.8, 4) is 0 Å². The lowest BCUT2D eigenvalue weighted by Crippen LogP contribution is -2.35. The Kier molecular flexibility index (Phi) is 5.51. The van der Waals surface area contributed by atoms with Crippen LogP contribution in [0.2, 0.25) is 0 Å². The molecule has 5 rings (SSSR count). The molecule has 0 aliphatic carbocycles. The van der Waals surface area contributed by atoms with Gasteiger partial charge in [0.05, 0.1) is 13.2 Å². The molecule has 172 valence electrons. The van der Waals surface area contributed by atoms with Gasteiger partial charge in [-0.25, -0.2) is 13.9 Å². The van der Waals surface area contributed by atoms with Crippen LogP contribution in [0.5, 0.6) is 0 Å². The van der Waals surface area contributed by atoms with Gasteiger partial charge in [0.2, 0.25) is 5.82 Å². The highest BCUT2D eigenvalue weighted by Crippen LogP contribution is 2.35. The van der Waals surface area contributed by atoms with Gasteiger partial charge in [-0.05, 0) is 42.8 Å². The molecule has 0 bridgehead atoms. The second kappa shape index (κ2) is 8.49. The van der Waals surface area contributed by atoms with Crippen LogP contribution in [0.15, 0.2) is 42.6 Å². The fourth-order valence-corrected chi connectivity index (χ4v) is 3.77. The van der Waals surface area contributed by atoms with Crippen LogP contribution < -0.4 is 5.32 Å². The second-order valence-electron chi connectivity index (χ2n) is 7.99. The smallest absolute Gasteiger partial charge is 0.333 e. The van der Waals surface area contributed by atoms with Gasteiger partial charge in [0.25, 0.3) is 0 Å². The zero-order chi connectivity index (χ0) is 23.0. The third kappa shape index (κ3) is 4.41. The van der Waals surface area contributed by atoms with E-state index in [0.717, 1.165) is 48.6 Å². The van der Waals surface area contributed by atoms with Crippen molar-refractivity contribution in [2.24, 2.45) is 0 Å². The highest BCUT2D eigenvalue weighted by Gasteiger charge is 2.39. The third-order valence-electron chi connectivity index (χ3n) is 5.47. The van der Waals surface area contributed by atoms with E-state index in [1.807, 2.05) is 13.0 Å². The number of hydrogen-bond donors (Lipinski definition) is 2. The number of morpholine rings is 1. The Labute approximate surface area is 187 Å². The van der Waals surface area contributed by atoms with Gasteiger partial charge in [0.15, 0.2) is 11.6 Å². The predicted octanol–water partition coefficient (Wildman–Crippen LogP) is 3.62. The summed E-state index contributed by atoms with van der Waals surface area (Å²) in [6, 6.07) is 7.66. The maximum Gasteiger partial charge on any atom is 0.333 e. The summed E-state index contributed by atoms with van der Waals surface area (Å²) in [5, 5.41) is 14.1. The lowest BCUT2D eigenvalue weighted by atomic mass is 10.1.